The van der Waals surface area contributed by atoms with Crippen LogP contribution < -0.4 is 0 Å². The largest absolute Gasteiger partial charge is 0.444 e. The number of nitrogens with zero attached hydrogens (tertiary/aromatic N) is 2. The maximum absolute atomic E-state index is 11.8. The highest BCUT2D eigenvalue weighted by atomic mass is 16.6. The van der Waals surface area contributed by atoms with E-state index in [2.05, 4.69) is 4.90 Å². The Morgan fingerprint density at radius 2 is 1.94 bits per heavy atom. The fourth-order valence-electron chi connectivity index (χ4n) is 2.39. The Morgan fingerprint density at radius 3 is 2.35 bits per heavy atom. The Bertz CT molecular complexity index is 353. The Balaban J connectivity index is 1.94. The molecule has 2 saturated heterocycles. The van der Waals surface area contributed by atoms with Crippen LogP contribution in [0.1, 0.15) is 27.2 Å². The molecule has 1 spiro atoms. The first-order valence-corrected chi connectivity index (χ1v) is 5.97. The van der Waals surface area contributed by atoms with E-state index >= 15 is 0 Å². The Morgan fingerprint density at radius 1 is 1.35 bits per heavy atom. The van der Waals surface area contributed by atoms with Crippen LogP contribution in [0.15, 0.2) is 0 Å². The number of ether oxygens (including phenoxy) is 1. The lowest BCUT2D eigenvalue weighted by Gasteiger charge is -2.49. The van der Waals surface area contributed by atoms with Gasteiger partial charge in [0.2, 0.25) is 0 Å². The summed E-state index contributed by atoms with van der Waals surface area (Å²) in [6.45, 7) is 7.25. The molecule has 2 rings (SSSR count). The average Bonchev–Trinajstić information content (AvgIpc) is 2.36. The average molecular weight is 240 g/mol. The predicted molar refractivity (Wildman–Crippen MR) is 62.8 cm³/mol. The van der Waals surface area contributed by atoms with E-state index < -0.39 is 11.1 Å². The van der Waals surface area contributed by atoms with E-state index in [1.807, 2.05) is 27.8 Å². The lowest BCUT2D eigenvalue weighted by molar-refractivity contribution is -0.133. The minimum absolute atomic E-state index is 0.250. The molecule has 5 heteroatoms. The van der Waals surface area contributed by atoms with E-state index in [0.29, 0.717) is 19.5 Å². The van der Waals surface area contributed by atoms with Crippen molar-refractivity contribution < 1.29 is 14.3 Å². The van der Waals surface area contributed by atoms with Gasteiger partial charge in [0.05, 0.1) is 13.1 Å². The summed E-state index contributed by atoms with van der Waals surface area (Å²) in [5.74, 6) is 0.250. The summed E-state index contributed by atoms with van der Waals surface area (Å²) in [6.07, 6.45) is 0.273. The first kappa shape index (κ1) is 12.4. The predicted octanol–water partition coefficient (Wildman–Crippen LogP) is 0.880. The second-order valence-corrected chi connectivity index (χ2v) is 5.96. The van der Waals surface area contributed by atoms with E-state index in [9.17, 15) is 9.59 Å². The van der Waals surface area contributed by atoms with Gasteiger partial charge in [-0.1, -0.05) is 0 Å². The second-order valence-electron chi connectivity index (χ2n) is 5.96. The molecule has 0 bridgehead atoms. The zero-order valence-corrected chi connectivity index (χ0v) is 10.9. The number of carbonyl (C=O) groups excluding carboxylic acids is 2. The maximum Gasteiger partial charge on any atom is 0.410 e. The molecule has 2 aliphatic heterocycles. The van der Waals surface area contributed by atoms with E-state index in [1.165, 1.54) is 0 Å². The fourth-order valence-corrected chi connectivity index (χ4v) is 2.39. The van der Waals surface area contributed by atoms with Crippen molar-refractivity contribution in [2.75, 3.05) is 26.7 Å². The quantitative estimate of drug-likeness (QED) is 0.630. The van der Waals surface area contributed by atoms with Crippen molar-refractivity contribution in [2.24, 2.45) is 0 Å². The number of rotatable bonds is 0. The molecule has 0 aromatic rings. The normalized spacial score (nSPS) is 24.0. The van der Waals surface area contributed by atoms with Crippen LogP contribution in [-0.2, 0) is 9.53 Å². The van der Waals surface area contributed by atoms with Gasteiger partial charge in [0, 0.05) is 13.0 Å². The summed E-state index contributed by atoms with van der Waals surface area (Å²) in [5.41, 5.74) is -0.900. The second kappa shape index (κ2) is 3.70. The molecular weight excluding hydrogens is 220 g/mol. The third-order valence-corrected chi connectivity index (χ3v) is 3.48. The zero-order chi connectivity index (χ0) is 12.8. The Kier molecular flexibility index (Phi) is 2.69. The number of likely N-dealkylation sites (tertiary alicyclic amines) is 2. The Hall–Kier alpha value is -1.10. The molecule has 1 amide bonds. The van der Waals surface area contributed by atoms with Gasteiger partial charge in [-0.15, -0.1) is 0 Å². The summed E-state index contributed by atoms with van der Waals surface area (Å²) < 4.78 is 5.27. The Labute approximate surface area is 102 Å². The molecular formula is C12H20N2O3. The topological polar surface area (TPSA) is 49.9 Å². The van der Waals surface area contributed by atoms with Gasteiger partial charge in [0.15, 0.2) is 5.78 Å². The van der Waals surface area contributed by atoms with Crippen LogP contribution in [0.3, 0.4) is 0 Å². The molecule has 0 radical (unpaired) electrons. The van der Waals surface area contributed by atoms with Crippen molar-refractivity contribution in [3.63, 3.8) is 0 Å². The molecule has 0 aromatic carbocycles. The van der Waals surface area contributed by atoms with Crippen molar-refractivity contribution in [3.8, 4) is 0 Å². The minimum atomic E-state index is -0.481. The van der Waals surface area contributed by atoms with E-state index in [4.69, 9.17) is 4.74 Å². The highest BCUT2D eigenvalue weighted by Crippen LogP contribution is 2.34. The lowest BCUT2D eigenvalue weighted by atomic mass is 9.86. The zero-order valence-electron chi connectivity index (χ0n) is 10.9. The SMILES string of the molecule is CN1CCC(=O)C12CN(C(=O)OC(C)(C)C)C2. The molecule has 96 valence electrons. The summed E-state index contributed by atoms with van der Waals surface area (Å²) >= 11 is 0. The smallest absolute Gasteiger partial charge is 0.410 e. The summed E-state index contributed by atoms with van der Waals surface area (Å²) in [4.78, 5) is 27.2. The van der Waals surface area contributed by atoms with Crippen molar-refractivity contribution >= 4 is 11.9 Å². The maximum atomic E-state index is 11.8. The van der Waals surface area contributed by atoms with Gasteiger partial charge in [-0.25, -0.2) is 4.79 Å². The van der Waals surface area contributed by atoms with Crippen LogP contribution in [0.5, 0.6) is 0 Å². The first-order chi connectivity index (χ1) is 7.74. The molecule has 2 heterocycles. The van der Waals surface area contributed by atoms with Gasteiger partial charge >= 0.3 is 6.09 Å². The monoisotopic (exact) mass is 240 g/mol. The van der Waals surface area contributed by atoms with Crippen LogP contribution in [-0.4, -0.2) is 59.5 Å². The van der Waals surface area contributed by atoms with E-state index in [1.54, 1.807) is 4.90 Å². The number of Topliss-reactive ketones (excluding diaryl/α,β-unsaturated/α-hetero) is 1. The van der Waals surface area contributed by atoms with Gasteiger partial charge in [0.25, 0.3) is 0 Å². The summed E-state index contributed by atoms with van der Waals surface area (Å²) in [6, 6.07) is 0. The molecule has 0 N–H and O–H groups in total. The van der Waals surface area contributed by atoms with Crippen LogP contribution in [0.2, 0.25) is 0 Å². The van der Waals surface area contributed by atoms with Crippen molar-refractivity contribution in [1.29, 1.82) is 0 Å². The van der Waals surface area contributed by atoms with Crippen LogP contribution in [0.4, 0.5) is 4.79 Å². The van der Waals surface area contributed by atoms with Gasteiger partial charge in [0.1, 0.15) is 11.1 Å². The number of carbonyl (C=O) groups is 2. The first-order valence-electron chi connectivity index (χ1n) is 5.97. The minimum Gasteiger partial charge on any atom is -0.444 e. The van der Waals surface area contributed by atoms with Crippen molar-refractivity contribution in [3.05, 3.63) is 0 Å². The molecule has 0 saturated carbocycles. The number of amides is 1. The molecule has 0 aromatic heterocycles. The summed E-state index contributed by atoms with van der Waals surface area (Å²) in [5, 5.41) is 0. The molecule has 2 fully saturated rings. The number of hydrogen-bond donors (Lipinski definition) is 0. The highest BCUT2D eigenvalue weighted by molar-refractivity contribution is 5.93. The number of ketones is 1. The van der Waals surface area contributed by atoms with Gasteiger partial charge in [-0.3, -0.25) is 9.69 Å². The highest BCUT2D eigenvalue weighted by Gasteiger charge is 2.56. The lowest BCUT2D eigenvalue weighted by Crippen LogP contribution is -2.71. The molecule has 0 aliphatic carbocycles. The molecule has 17 heavy (non-hydrogen) atoms. The summed E-state index contributed by atoms with van der Waals surface area (Å²) in [7, 11) is 1.94. The van der Waals surface area contributed by atoms with Crippen LogP contribution in [0.25, 0.3) is 0 Å². The molecule has 0 atom stereocenters. The standard InChI is InChI=1S/C12H20N2O3/c1-11(2,3)17-10(16)14-7-12(8-14)9(15)5-6-13(12)4/h5-8H2,1-4H3. The molecule has 2 aliphatic rings. The third-order valence-electron chi connectivity index (χ3n) is 3.48. The van der Waals surface area contributed by atoms with Crippen molar-refractivity contribution in [2.45, 2.75) is 38.3 Å². The molecule has 5 nitrogen and oxygen atoms in total. The van der Waals surface area contributed by atoms with E-state index in [-0.39, 0.29) is 11.9 Å². The molecule has 0 unspecified atom stereocenters. The van der Waals surface area contributed by atoms with Gasteiger partial charge in [-0.2, -0.15) is 0 Å². The third kappa shape index (κ3) is 2.04. The number of likely N-dealkylation sites (N-methyl/N-ethyl adjacent to an activating group) is 1. The van der Waals surface area contributed by atoms with Gasteiger partial charge in [-0.05, 0) is 27.8 Å². The van der Waals surface area contributed by atoms with Crippen LogP contribution in [0, 0.1) is 0 Å². The van der Waals surface area contributed by atoms with Crippen LogP contribution >= 0.6 is 0 Å². The number of hydrogen-bond acceptors (Lipinski definition) is 4. The van der Waals surface area contributed by atoms with E-state index in [0.717, 1.165) is 6.54 Å². The van der Waals surface area contributed by atoms with Crippen molar-refractivity contribution in [1.82, 2.24) is 9.80 Å². The van der Waals surface area contributed by atoms with Gasteiger partial charge < -0.3 is 9.64 Å². The fraction of sp³-hybridized carbons (Fsp3) is 0.833.